The molecule has 0 aliphatic rings. The summed E-state index contributed by atoms with van der Waals surface area (Å²) in [6.07, 6.45) is 3.19. The Labute approximate surface area is 118 Å². The van der Waals surface area contributed by atoms with Gasteiger partial charge in [0.05, 0.1) is 29.7 Å². The van der Waals surface area contributed by atoms with E-state index in [4.69, 9.17) is 0 Å². The van der Waals surface area contributed by atoms with Crippen LogP contribution in [0.4, 0.5) is 4.39 Å². The second-order valence-corrected chi connectivity index (χ2v) is 4.87. The van der Waals surface area contributed by atoms with Crippen LogP contribution in [0.2, 0.25) is 0 Å². The number of nitrogens with one attached hydrogen (secondary N) is 1. The van der Waals surface area contributed by atoms with Crippen molar-refractivity contribution in [1.82, 2.24) is 15.3 Å². The molecule has 0 bridgehead atoms. The SMILES string of the molecule is Cc1cnc(CNC(=O)c2ccc(Br)cc2F)cn1. The molecular weight excluding hydrogens is 313 g/mol. The monoisotopic (exact) mass is 323 g/mol. The van der Waals surface area contributed by atoms with E-state index in [0.29, 0.717) is 10.2 Å². The second kappa shape index (κ2) is 5.88. The minimum absolute atomic E-state index is 0.00303. The number of carbonyl (C=O) groups is 1. The Hall–Kier alpha value is -1.82. The maximum atomic E-state index is 13.6. The first-order valence-electron chi connectivity index (χ1n) is 5.57. The van der Waals surface area contributed by atoms with E-state index < -0.39 is 11.7 Å². The van der Waals surface area contributed by atoms with Gasteiger partial charge in [-0.2, -0.15) is 0 Å². The fraction of sp³-hybridized carbons (Fsp3) is 0.154. The van der Waals surface area contributed by atoms with E-state index >= 15 is 0 Å². The molecule has 0 atom stereocenters. The zero-order valence-corrected chi connectivity index (χ0v) is 11.7. The highest BCUT2D eigenvalue weighted by molar-refractivity contribution is 9.10. The van der Waals surface area contributed by atoms with Gasteiger partial charge in [-0.1, -0.05) is 15.9 Å². The van der Waals surface area contributed by atoms with Crippen molar-refractivity contribution in [2.45, 2.75) is 13.5 Å². The number of hydrogen-bond acceptors (Lipinski definition) is 3. The van der Waals surface area contributed by atoms with Gasteiger partial charge in [-0.15, -0.1) is 0 Å². The van der Waals surface area contributed by atoms with E-state index in [9.17, 15) is 9.18 Å². The molecule has 0 radical (unpaired) electrons. The number of benzene rings is 1. The summed E-state index contributed by atoms with van der Waals surface area (Å²) in [5, 5.41) is 2.60. The minimum atomic E-state index is -0.568. The summed E-state index contributed by atoms with van der Waals surface area (Å²) in [6, 6.07) is 4.29. The van der Waals surface area contributed by atoms with Gasteiger partial charge in [0, 0.05) is 10.7 Å². The van der Waals surface area contributed by atoms with Gasteiger partial charge < -0.3 is 5.32 Å². The molecule has 1 amide bonds. The van der Waals surface area contributed by atoms with Crippen LogP contribution in [-0.2, 0) is 6.54 Å². The van der Waals surface area contributed by atoms with Crippen molar-refractivity contribution in [1.29, 1.82) is 0 Å². The molecule has 6 heteroatoms. The van der Waals surface area contributed by atoms with Crippen molar-refractivity contribution in [2.75, 3.05) is 0 Å². The minimum Gasteiger partial charge on any atom is -0.346 e. The molecule has 0 fully saturated rings. The molecule has 1 heterocycles. The zero-order chi connectivity index (χ0) is 13.8. The van der Waals surface area contributed by atoms with Gasteiger partial charge in [-0.25, -0.2) is 4.39 Å². The Morgan fingerprint density at radius 3 is 2.79 bits per heavy atom. The molecule has 2 aromatic rings. The average Bonchev–Trinajstić information content (AvgIpc) is 2.37. The van der Waals surface area contributed by atoms with E-state index in [0.717, 1.165) is 5.69 Å². The lowest BCUT2D eigenvalue weighted by molar-refractivity contribution is 0.0946. The third-order valence-corrected chi connectivity index (χ3v) is 2.93. The van der Waals surface area contributed by atoms with Crippen LogP contribution in [0.25, 0.3) is 0 Å². The summed E-state index contributed by atoms with van der Waals surface area (Å²) < 4.78 is 14.1. The predicted molar refractivity (Wildman–Crippen MR) is 72.0 cm³/mol. The highest BCUT2D eigenvalue weighted by Crippen LogP contribution is 2.15. The van der Waals surface area contributed by atoms with E-state index in [1.54, 1.807) is 18.5 Å². The maximum absolute atomic E-state index is 13.6. The molecule has 1 aromatic heterocycles. The van der Waals surface area contributed by atoms with Gasteiger partial charge in [0.25, 0.3) is 5.91 Å². The molecule has 2 rings (SSSR count). The quantitative estimate of drug-likeness (QED) is 0.944. The van der Waals surface area contributed by atoms with Crippen LogP contribution >= 0.6 is 15.9 Å². The van der Waals surface area contributed by atoms with Crippen LogP contribution < -0.4 is 5.32 Å². The standard InChI is InChI=1S/C13H11BrFN3O/c1-8-5-17-10(6-16-8)7-18-13(19)11-3-2-9(14)4-12(11)15/h2-6H,7H2,1H3,(H,18,19). The van der Waals surface area contributed by atoms with Crippen molar-refractivity contribution >= 4 is 21.8 Å². The van der Waals surface area contributed by atoms with Crippen molar-refractivity contribution in [3.8, 4) is 0 Å². The van der Waals surface area contributed by atoms with E-state index in [1.807, 2.05) is 6.92 Å². The summed E-state index contributed by atoms with van der Waals surface area (Å²) in [7, 11) is 0. The van der Waals surface area contributed by atoms with E-state index in [-0.39, 0.29) is 12.1 Å². The average molecular weight is 324 g/mol. The molecule has 0 saturated carbocycles. The third-order valence-electron chi connectivity index (χ3n) is 2.44. The van der Waals surface area contributed by atoms with Crippen molar-refractivity contribution in [2.24, 2.45) is 0 Å². The number of aromatic nitrogens is 2. The van der Waals surface area contributed by atoms with Gasteiger partial charge in [-0.3, -0.25) is 14.8 Å². The molecule has 0 unspecified atom stereocenters. The second-order valence-electron chi connectivity index (χ2n) is 3.96. The van der Waals surface area contributed by atoms with Crippen molar-refractivity contribution < 1.29 is 9.18 Å². The molecule has 0 spiro atoms. The van der Waals surface area contributed by atoms with Gasteiger partial charge in [0.1, 0.15) is 5.82 Å². The number of amides is 1. The van der Waals surface area contributed by atoms with Gasteiger partial charge in [-0.05, 0) is 25.1 Å². The molecule has 98 valence electrons. The number of carbonyl (C=O) groups excluding carboxylic acids is 1. The first kappa shape index (κ1) is 13.6. The highest BCUT2D eigenvalue weighted by Gasteiger charge is 2.11. The Morgan fingerprint density at radius 2 is 2.16 bits per heavy atom. The first-order chi connectivity index (χ1) is 9.06. The topological polar surface area (TPSA) is 54.9 Å². The molecule has 0 aliphatic heterocycles. The Kier molecular flexibility index (Phi) is 4.21. The van der Waals surface area contributed by atoms with Crippen LogP contribution in [-0.4, -0.2) is 15.9 Å². The van der Waals surface area contributed by atoms with Gasteiger partial charge in [0.2, 0.25) is 0 Å². The van der Waals surface area contributed by atoms with Crippen LogP contribution in [0.15, 0.2) is 35.1 Å². The summed E-state index contributed by atoms with van der Waals surface area (Å²) in [6.45, 7) is 2.04. The number of nitrogens with zero attached hydrogens (tertiary/aromatic N) is 2. The largest absolute Gasteiger partial charge is 0.346 e. The number of aryl methyl sites for hydroxylation is 1. The third kappa shape index (κ3) is 3.57. The number of rotatable bonds is 3. The fourth-order valence-corrected chi connectivity index (χ4v) is 1.78. The normalized spacial score (nSPS) is 10.3. The Balaban J connectivity index is 2.03. The lowest BCUT2D eigenvalue weighted by Crippen LogP contribution is -2.24. The van der Waals surface area contributed by atoms with E-state index in [2.05, 4.69) is 31.2 Å². The van der Waals surface area contributed by atoms with Crippen LogP contribution in [0.1, 0.15) is 21.7 Å². The van der Waals surface area contributed by atoms with Crippen molar-refractivity contribution in [3.63, 3.8) is 0 Å². The van der Waals surface area contributed by atoms with Gasteiger partial charge in [0.15, 0.2) is 0 Å². The molecule has 0 aliphatic carbocycles. The molecule has 1 aromatic carbocycles. The van der Waals surface area contributed by atoms with E-state index in [1.165, 1.54) is 12.1 Å². The Morgan fingerprint density at radius 1 is 1.37 bits per heavy atom. The molecular formula is C13H11BrFN3O. The molecule has 4 nitrogen and oxygen atoms in total. The van der Waals surface area contributed by atoms with Gasteiger partial charge >= 0.3 is 0 Å². The number of halogens is 2. The smallest absolute Gasteiger partial charge is 0.254 e. The first-order valence-corrected chi connectivity index (χ1v) is 6.36. The Bertz CT molecular complexity index is 601. The summed E-state index contributed by atoms with van der Waals surface area (Å²) >= 11 is 3.14. The lowest BCUT2D eigenvalue weighted by atomic mass is 10.2. The van der Waals surface area contributed by atoms with Crippen LogP contribution in [0.5, 0.6) is 0 Å². The molecule has 19 heavy (non-hydrogen) atoms. The summed E-state index contributed by atoms with van der Waals surface area (Å²) in [5.74, 6) is -1.05. The maximum Gasteiger partial charge on any atom is 0.254 e. The summed E-state index contributed by atoms with van der Waals surface area (Å²) in [4.78, 5) is 20.0. The van der Waals surface area contributed by atoms with Crippen LogP contribution in [0.3, 0.4) is 0 Å². The molecule has 0 saturated heterocycles. The van der Waals surface area contributed by atoms with Crippen molar-refractivity contribution in [3.05, 3.63) is 57.8 Å². The fourth-order valence-electron chi connectivity index (χ4n) is 1.45. The lowest BCUT2D eigenvalue weighted by Gasteiger charge is -2.06. The highest BCUT2D eigenvalue weighted by atomic mass is 79.9. The zero-order valence-electron chi connectivity index (χ0n) is 10.2. The predicted octanol–water partition coefficient (Wildman–Crippen LogP) is 2.62. The van der Waals surface area contributed by atoms with Crippen LogP contribution in [0, 0.1) is 12.7 Å². The molecule has 1 N–H and O–H groups in total. The number of hydrogen-bond donors (Lipinski definition) is 1. The summed E-state index contributed by atoms with van der Waals surface area (Å²) in [5.41, 5.74) is 1.42.